The Morgan fingerprint density at radius 1 is 1.08 bits per heavy atom. The van der Waals surface area contributed by atoms with E-state index in [9.17, 15) is 18.0 Å². The first kappa shape index (κ1) is 30.4. The highest BCUT2D eigenvalue weighted by Crippen LogP contribution is 2.30. The Hall–Kier alpha value is -2.78. The van der Waals surface area contributed by atoms with Crippen molar-refractivity contribution in [2.75, 3.05) is 30.8 Å². The minimum Gasteiger partial charge on any atom is -0.495 e. The summed E-state index contributed by atoms with van der Waals surface area (Å²) >= 11 is 6.20. The van der Waals surface area contributed by atoms with Crippen LogP contribution >= 0.6 is 11.6 Å². The normalized spacial score (nSPS) is 12.9. The summed E-state index contributed by atoms with van der Waals surface area (Å²) in [6.07, 6.45) is 2.86. The Morgan fingerprint density at radius 3 is 2.32 bits per heavy atom. The second-order valence-electron chi connectivity index (χ2n) is 9.07. The third-order valence-corrected chi connectivity index (χ3v) is 7.72. The van der Waals surface area contributed by atoms with Crippen LogP contribution in [-0.4, -0.2) is 63.7 Å². The van der Waals surface area contributed by atoms with Gasteiger partial charge in [-0.2, -0.15) is 0 Å². The lowest BCUT2D eigenvalue weighted by molar-refractivity contribution is -0.140. The van der Waals surface area contributed by atoms with E-state index >= 15 is 0 Å². The van der Waals surface area contributed by atoms with E-state index in [2.05, 4.69) is 5.32 Å². The Bertz CT molecular complexity index is 1140. The predicted octanol–water partition coefficient (Wildman–Crippen LogP) is 4.27. The van der Waals surface area contributed by atoms with Gasteiger partial charge in [-0.3, -0.25) is 13.9 Å². The number of benzene rings is 2. The molecule has 0 heterocycles. The van der Waals surface area contributed by atoms with Crippen molar-refractivity contribution in [2.24, 2.45) is 0 Å². The summed E-state index contributed by atoms with van der Waals surface area (Å²) in [7, 11) is -2.14. The molecule has 0 radical (unpaired) electrons. The average molecular weight is 552 g/mol. The highest BCUT2D eigenvalue weighted by molar-refractivity contribution is 7.92. The molecule has 204 valence electrons. The predicted molar refractivity (Wildman–Crippen MR) is 149 cm³/mol. The summed E-state index contributed by atoms with van der Waals surface area (Å²) in [5, 5.41) is 3.24. The van der Waals surface area contributed by atoms with E-state index in [1.54, 1.807) is 24.0 Å². The van der Waals surface area contributed by atoms with Crippen LogP contribution in [0.3, 0.4) is 0 Å². The molecule has 0 aromatic heterocycles. The molecule has 10 heteroatoms. The van der Waals surface area contributed by atoms with Gasteiger partial charge in [-0.1, -0.05) is 48.9 Å². The quantitative estimate of drug-likeness (QED) is 0.378. The van der Waals surface area contributed by atoms with Crippen LogP contribution in [0.15, 0.2) is 48.5 Å². The van der Waals surface area contributed by atoms with Crippen molar-refractivity contribution in [2.45, 2.75) is 58.5 Å². The number of methoxy groups -OCH3 is 1. The molecule has 1 N–H and O–H groups in total. The van der Waals surface area contributed by atoms with Crippen LogP contribution in [0.4, 0.5) is 5.69 Å². The van der Waals surface area contributed by atoms with Gasteiger partial charge in [0.05, 0.1) is 24.1 Å². The number of ether oxygens (including phenoxy) is 1. The van der Waals surface area contributed by atoms with Gasteiger partial charge in [0.2, 0.25) is 21.8 Å². The number of hydrogen-bond donors (Lipinski definition) is 1. The van der Waals surface area contributed by atoms with Crippen molar-refractivity contribution in [3.8, 4) is 5.75 Å². The first-order valence-electron chi connectivity index (χ1n) is 12.4. The van der Waals surface area contributed by atoms with Crippen molar-refractivity contribution in [1.29, 1.82) is 0 Å². The number of halogens is 1. The summed E-state index contributed by atoms with van der Waals surface area (Å²) in [5.41, 5.74) is 1.46. The molecule has 2 atom stereocenters. The molecule has 0 unspecified atom stereocenters. The number of carbonyl (C=O) groups is 2. The van der Waals surface area contributed by atoms with Crippen LogP contribution in [-0.2, 0) is 26.0 Å². The smallest absolute Gasteiger partial charge is 0.242 e. The highest BCUT2D eigenvalue weighted by atomic mass is 35.5. The lowest BCUT2D eigenvalue weighted by Crippen LogP contribution is -2.50. The lowest BCUT2D eigenvalue weighted by Gasteiger charge is -2.30. The SMILES string of the molecule is CC[C@H](C)NC(=O)[C@@H](C)N(CCc1ccccc1)C(=O)CCCN(c1ccc(OC)c(Cl)c1)S(C)(=O)=O. The maximum atomic E-state index is 13.3. The van der Waals surface area contributed by atoms with E-state index in [1.165, 1.54) is 17.5 Å². The van der Waals surface area contributed by atoms with E-state index in [-0.39, 0.29) is 42.3 Å². The van der Waals surface area contributed by atoms with Gasteiger partial charge in [-0.05, 0) is 56.9 Å². The van der Waals surface area contributed by atoms with E-state index in [1.807, 2.05) is 44.2 Å². The molecule has 37 heavy (non-hydrogen) atoms. The fraction of sp³-hybridized carbons (Fsp3) is 0.481. The van der Waals surface area contributed by atoms with E-state index in [4.69, 9.17) is 16.3 Å². The van der Waals surface area contributed by atoms with Crippen molar-refractivity contribution in [3.63, 3.8) is 0 Å². The van der Waals surface area contributed by atoms with Crippen LogP contribution in [0.1, 0.15) is 45.6 Å². The van der Waals surface area contributed by atoms with Gasteiger partial charge in [0.25, 0.3) is 0 Å². The number of carbonyl (C=O) groups excluding carboxylic acids is 2. The van der Waals surface area contributed by atoms with E-state index in [0.29, 0.717) is 24.4 Å². The number of nitrogens with one attached hydrogen (secondary N) is 1. The second kappa shape index (κ2) is 14.2. The minimum absolute atomic E-state index is 0.000616. The number of nitrogens with zero attached hydrogens (tertiary/aromatic N) is 2. The molecular weight excluding hydrogens is 514 g/mol. The lowest BCUT2D eigenvalue weighted by atomic mass is 10.1. The summed E-state index contributed by atoms with van der Waals surface area (Å²) in [5.74, 6) is 0.0260. The molecule has 2 amide bonds. The maximum absolute atomic E-state index is 13.3. The Kier molecular flexibility index (Phi) is 11.7. The molecule has 8 nitrogen and oxygen atoms in total. The van der Waals surface area contributed by atoms with Crippen LogP contribution in [0.2, 0.25) is 5.02 Å². The molecule has 0 aliphatic rings. The Labute approximate surface area is 226 Å². The Morgan fingerprint density at radius 2 is 1.76 bits per heavy atom. The van der Waals surface area contributed by atoms with Crippen molar-refractivity contribution in [3.05, 3.63) is 59.1 Å². The standard InChI is InChI=1S/C27H38ClN3O5S/c1-6-20(2)29-27(33)21(3)30(18-16-22-11-8-7-9-12-22)26(32)13-10-17-31(37(5,34)35)23-14-15-25(36-4)24(28)19-23/h7-9,11-12,14-15,19-21H,6,10,13,16-18H2,1-5H3,(H,29,33)/t20-,21+/m0/s1. The zero-order valence-electron chi connectivity index (χ0n) is 22.2. The fourth-order valence-corrected chi connectivity index (χ4v) is 5.06. The van der Waals surface area contributed by atoms with Gasteiger partial charge in [0.1, 0.15) is 11.8 Å². The van der Waals surface area contributed by atoms with Crippen LogP contribution in [0.25, 0.3) is 0 Å². The number of anilines is 1. The second-order valence-corrected chi connectivity index (χ2v) is 11.4. The first-order valence-corrected chi connectivity index (χ1v) is 14.7. The minimum atomic E-state index is -3.62. The molecule has 0 spiro atoms. The molecule has 2 aromatic rings. The van der Waals surface area contributed by atoms with Crippen LogP contribution < -0.4 is 14.4 Å². The molecule has 0 aliphatic carbocycles. The van der Waals surface area contributed by atoms with E-state index < -0.39 is 16.1 Å². The fourth-order valence-electron chi connectivity index (χ4n) is 3.85. The third-order valence-electron chi connectivity index (χ3n) is 6.23. The summed E-state index contributed by atoms with van der Waals surface area (Å²) in [6, 6.07) is 13.8. The Balaban J connectivity index is 2.14. The topological polar surface area (TPSA) is 96.0 Å². The molecule has 2 rings (SSSR count). The number of hydrogen-bond acceptors (Lipinski definition) is 5. The maximum Gasteiger partial charge on any atom is 0.242 e. The average Bonchev–Trinajstić information content (AvgIpc) is 2.86. The zero-order chi connectivity index (χ0) is 27.6. The number of sulfonamides is 1. The molecule has 0 fully saturated rings. The van der Waals surface area contributed by atoms with Gasteiger partial charge in [-0.25, -0.2) is 8.42 Å². The van der Waals surface area contributed by atoms with E-state index in [0.717, 1.165) is 18.2 Å². The van der Waals surface area contributed by atoms with Crippen molar-refractivity contribution in [1.82, 2.24) is 10.2 Å². The summed E-state index contributed by atoms with van der Waals surface area (Å²) in [4.78, 5) is 27.7. The van der Waals surface area contributed by atoms with Crippen molar-refractivity contribution < 1.29 is 22.7 Å². The summed E-state index contributed by atoms with van der Waals surface area (Å²) in [6.45, 7) is 6.10. The van der Waals surface area contributed by atoms with Gasteiger partial charge in [0, 0.05) is 25.6 Å². The van der Waals surface area contributed by atoms with Crippen LogP contribution in [0.5, 0.6) is 5.75 Å². The first-order chi connectivity index (χ1) is 17.5. The summed E-state index contributed by atoms with van der Waals surface area (Å²) < 4.78 is 31.4. The highest BCUT2D eigenvalue weighted by Gasteiger charge is 2.27. The van der Waals surface area contributed by atoms with Gasteiger partial charge in [0.15, 0.2) is 0 Å². The number of amides is 2. The molecule has 0 bridgehead atoms. The van der Waals surface area contributed by atoms with Crippen molar-refractivity contribution >= 4 is 39.1 Å². The third kappa shape index (κ3) is 9.23. The number of rotatable bonds is 14. The molecule has 0 saturated heterocycles. The molecule has 0 saturated carbocycles. The largest absolute Gasteiger partial charge is 0.495 e. The molecule has 0 aliphatic heterocycles. The van der Waals surface area contributed by atoms with Crippen LogP contribution in [0, 0.1) is 0 Å². The molecular formula is C27H38ClN3O5S. The van der Waals surface area contributed by atoms with Gasteiger partial charge in [-0.15, -0.1) is 0 Å². The van der Waals surface area contributed by atoms with Gasteiger partial charge >= 0.3 is 0 Å². The monoisotopic (exact) mass is 551 g/mol. The van der Waals surface area contributed by atoms with Gasteiger partial charge < -0.3 is 15.0 Å². The molecule has 2 aromatic carbocycles. The zero-order valence-corrected chi connectivity index (χ0v) is 23.8.